The fourth-order valence-corrected chi connectivity index (χ4v) is 2.54. The Labute approximate surface area is 118 Å². The highest BCUT2D eigenvalue weighted by atomic mass is 35.5. The number of fused-ring (bicyclic) bond motifs is 1. The van der Waals surface area contributed by atoms with E-state index in [1.807, 2.05) is 6.07 Å². The largest absolute Gasteiger partial charge is 0.323 e. The third-order valence-electron chi connectivity index (χ3n) is 3.94. The third-order valence-corrected chi connectivity index (χ3v) is 3.94. The lowest BCUT2D eigenvalue weighted by Crippen LogP contribution is -2.29. The molecule has 104 valence electrons. The predicted molar refractivity (Wildman–Crippen MR) is 75.0 cm³/mol. The zero-order chi connectivity index (χ0) is 12.5. The van der Waals surface area contributed by atoms with Crippen molar-refractivity contribution in [2.45, 2.75) is 32.2 Å². The highest BCUT2D eigenvalue weighted by Crippen LogP contribution is 2.29. The van der Waals surface area contributed by atoms with Crippen LogP contribution in [0.15, 0.2) is 12.1 Å². The summed E-state index contributed by atoms with van der Waals surface area (Å²) < 4.78 is 14.3. The zero-order valence-corrected chi connectivity index (χ0v) is 11.5. The molecule has 5 heteroatoms. The molecular formula is C14H18ClFN2O. The monoisotopic (exact) mass is 284 g/mol. The average Bonchev–Trinajstić information content (AvgIpc) is 2.31. The van der Waals surface area contributed by atoms with Gasteiger partial charge in [-0.25, -0.2) is 4.39 Å². The number of halogens is 2. The van der Waals surface area contributed by atoms with Crippen molar-refractivity contribution in [3.63, 3.8) is 0 Å². The summed E-state index contributed by atoms with van der Waals surface area (Å²) in [6.45, 7) is 1.51. The molecule has 19 heavy (non-hydrogen) atoms. The fourth-order valence-electron chi connectivity index (χ4n) is 2.54. The second-order valence-corrected chi connectivity index (χ2v) is 5.11. The zero-order valence-electron chi connectivity index (χ0n) is 10.7. The topological polar surface area (TPSA) is 41.1 Å². The summed E-state index contributed by atoms with van der Waals surface area (Å²) in [6.07, 6.45) is 3.66. The number of nitrogens with one attached hydrogen (secondary N) is 2. The van der Waals surface area contributed by atoms with Crippen LogP contribution in [0.1, 0.15) is 30.4 Å². The van der Waals surface area contributed by atoms with E-state index >= 15 is 0 Å². The van der Waals surface area contributed by atoms with Crippen LogP contribution in [0.25, 0.3) is 0 Å². The van der Waals surface area contributed by atoms with E-state index in [0.29, 0.717) is 18.7 Å². The quantitative estimate of drug-likeness (QED) is 0.877. The minimum atomic E-state index is -0.248. The molecule has 0 atom stereocenters. The van der Waals surface area contributed by atoms with Gasteiger partial charge in [0.15, 0.2) is 0 Å². The van der Waals surface area contributed by atoms with E-state index in [0.717, 1.165) is 36.9 Å². The molecule has 1 aromatic carbocycles. The number of hydrogen-bond acceptors (Lipinski definition) is 2. The maximum Gasteiger partial charge on any atom is 0.227 e. The van der Waals surface area contributed by atoms with Crippen LogP contribution in [0.3, 0.4) is 0 Å². The summed E-state index contributed by atoms with van der Waals surface area (Å²) >= 11 is 0. The lowest BCUT2D eigenvalue weighted by molar-refractivity contribution is -0.122. The molecule has 1 aliphatic heterocycles. The maximum absolute atomic E-state index is 14.3. The number of hydrogen-bond donors (Lipinski definition) is 2. The van der Waals surface area contributed by atoms with Crippen molar-refractivity contribution in [3.8, 4) is 0 Å². The number of carbonyl (C=O) groups excluding carboxylic acids is 1. The molecule has 1 amide bonds. The Hall–Kier alpha value is -1.13. The molecule has 0 unspecified atom stereocenters. The second kappa shape index (κ2) is 5.88. The maximum atomic E-state index is 14.3. The minimum Gasteiger partial charge on any atom is -0.323 e. The molecule has 3 rings (SSSR count). The standard InChI is InChI=1S/C14H17FN2O.ClH/c15-13-11-6-7-16-8-10(11)4-5-12(13)17-14(18)9-2-1-3-9;/h4-5,9,16H,1-3,6-8H2,(H,17,18);1H. The SMILES string of the molecule is Cl.O=C(Nc1ccc2c(c1F)CCNC2)C1CCC1. The van der Waals surface area contributed by atoms with Gasteiger partial charge in [0, 0.05) is 12.5 Å². The Morgan fingerprint density at radius 2 is 2.16 bits per heavy atom. The Morgan fingerprint density at radius 1 is 1.37 bits per heavy atom. The van der Waals surface area contributed by atoms with Crippen LogP contribution in [0.5, 0.6) is 0 Å². The first-order valence-corrected chi connectivity index (χ1v) is 6.57. The Kier molecular flexibility index (Phi) is 4.42. The first kappa shape index (κ1) is 14.3. The lowest BCUT2D eigenvalue weighted by atomic mass is 9.85. The molecule has 1 fully saturated rings. The van der Waals surface area contributed by atoms with Crippen molar-refractivity contribution in [3.05, 3.63) is 29.1 Å². The summed E-state index contributed by atoms with van der Waals surface area (Å²) in [4.78, 5) is 11.8. The fraction of sp³-hybridized carbons (Fsp3) is 0.500. The van der Waals surface area contributed by atoms with E-state index < -0.39 is 0 Å². The minimum absolute atomic E-state index is 0. The van der Waals surface area contributed by atoms with E-state index in [9.17, 15) is 9.18 Å². The van der Waals surface area contributed by atoms with Crippen LogP contribution in [0, 0.1) is 11.7 Å². The normalized spacial score (nSPS) is 17.9. The van der Waals surface area contributed by atoms with Crippen molar-refractivity contribution >= 4 is 24.0 Å². The van der Waals surface area contributed by atoms with Crippen LogP contribution in [0.2, 0.25) is 0 Å². The highest BCUT2D eigenvalue weighted by molar-refractivity contribution is 5.93. The number of amides is 1. The van der Waals surface area contributed by atoms with Gasteiger partial charge in [-0.3, -0.25) is 4.79 Å². The molecule has 1 aromatic rings. The molecule has 1 heterocycles. The van der Waals surface area contributed by atoms with Gasteiger partial charge in [0.05, 0.1) is 5.69 Å². The van der Waals surface area contributed by atoms with Gasteiger partial charge in [0.1, 0.15) is 5.82 Å². The van der Waals surface area contributed by atoms with Gasteiger partial charge in [-0.2, -0.15) is 0 Å². The summed E-state index contributed by atoms with van der Waals surface area (Å²) in [6, 6.07) is 3.58. The number of carbonyl (C=O) groups is 1. The van der Waals surface area contributed by atoms with E-state index in [4.69, 9.17) is 0 Å². The Bertz CT molecular complexity index is 489. The lowest BCUT2D eigenvalue weighted by Gasteiger charge is -2.25. The van der Waals surface area contributed by atoms with Crippen molar-refractivity contribution in [2.75, 3.05) is 11.9 Å². The van der Waals surface area contributed by atoms with Crippen molar-refractivity contribution in [1.82, 2.24) is 5.32 Å². The van der Waals surface area contributed by atoms with Gasteiger partial charge < -0.3 is 10.6 Å². The first-order chi connectivity index (χ1) is 8.75. The summed E-state index contributed by atoms with van der Waals surface area (Å²) in [5, 5.41) is 5.94. The smallest absolute Gasteiger partial charge is 0.227 e. The average molecular weight is 285 g/mol. The molecule has 1 saturated carbocycles. The van der Waals surface area contributed by atoms with Gasteiger partial charge in [-0.15, -0.1) is 12.4 Å². The molecule has 0 spiro atoms. The van der Waals surface area contributed by atoms with Crippen LogP contribution >= 0.6 is 12.4 Å². The molecule has 0 radical (unpaired) electrons. The van der Waals surface area contributed by atoms with E-state index in [1.54, 1.807) is 6.07 Å². The van der Waals surface area contributed by atoms with Gasteiger partial charge in [-0.05, 0) is 43.0 Å². The highest BCUT2D eigenvalue weighted by Gasteiger charge is 2.26. The van der Waals surface area contributed by atoms with E-state index in [2.05, 4.69) is 10.6 Å². The number of anilines is 1. The molecule has 2 aliphatic rings. The Morgan fingerprint density at radius 3 is 2.84 bits per heavy atom. The Balaban J connectivity index is 0.00000133. The van der Waals surface area contributed by atoms with Gasteiger partial charge in [0.2, 0.25) is 5.91 Å². The molecule has 0 saturated heterocycles. The molecule has 0 aromatic heterocycles. The van der Waals surface area contributed by atoms with Crippen molar-refractivity contribution < 1.29 is 9.18 Å². The van der Waals surface area contributed by atoms with Crippen LogP contribution in [-0.4, -0.2) is 12.5 Å². The molecular weight excluding hydrogens is 267 g/mol. The van der Waals surface area contributed by atoms with Crippen molar-refractivity contribution in [2.24, 2.45) is 5.92 Å². The van der Waals surface area contributed by atoms with E-state index in [-0.39, 0.29) is 30.0 Å². The van der Waals surface area contributed by atoms with Gasteiger partial charge in [0.25, 0.3) is 0 Å². The van der Waals surface area contributed by atoms with Crippen LogP contribution in [-0.2, 0) is 17.8 Å². The third kappa shape index (κ3) is 2.74. The van der Waals surface area contributed by atoms with Crippen LogP contribution in [0.4, 0.5) is 10.1 Å². The molecule has 0 bridgehead atoms. The molecule has 2 N–H and O–H groups in total. The summed E-state index contributed by atoms with van der Waals surface area (Å²) in [5.41, 5.74) is 2.09. The summed E-state index contributed by atoms with van der Waals surface area (Å²) in [7, 11) is 0. The number of rotatable bonds is 2. The van der Waals surface area contributed by atoms with Crippen molar-refractivity contribution in [1.29, 1.82) is 0 Å². The van der Waals surface area contributed by atoms with Gasteiger partial charge >= 0.3 is 0 Å². The van der Waals surface area contributed by atoms with E-state index in [1.165, 1.54) is 0 Å². The first-order valence-electron chi connectivity index (χ1n) is 6.57. The molecule has 1 aliphatic carbocycles. The second-order valence-electron chi connectivity index (χ2n) is 5.11. The summed E-state index contributed by atoms with van der Waals surface area (Å²) in [5.74, 6) is -0.196. The van der Waals surface area contributed by atoms with Gasteiger partial charge in [-0.1, -0.05) is 12.5 Å². The molecule has 3 nitrogen and oxygen atoms in total. The van der Waals surface area contributed by atoms with Crippen LogP contribution < -0.4 is 10.6 Å². The number of benzene rings is 1. The predicted octanol–water partition coefficient (Wildman–Crippen LogP) is 2.63.